The minimum absolute atomic E-state index is 0.0239. The molecular weight excluding hydrogens is 418 g/mol. The Morgan fingerprint density at radius 3 is 2.52 bits per heavy atom. The summed E-state index contributed by atoms with van der Waals surface area (Å²) in [5.41, 5.74) is 4.74. The van der Waals surface area contributed by atoms with E-state index in [2.05, 4.69) is 17.4 Å². The van der Waals surface area contributed by atoms with Crippen molar-refractivity contribution in [3.63, 3.8) is 0 Å². The molecule has 0 saturated carbocycles. The van der Waals surface area contributed by atoms with Crippen LogP contribution in [0.2, 0.25) is 0 Å². The molecule has 0 bridgehead atoms. The van der Waals surface area contributed by atoms with Crippen LogP contribution in [0.25, 0.3) is 33.1 Å². The summed E-state index contributed by atoms with van der Waals surface area (Å²) >= 11 is 0. The molecular formula is C27H27NO5. The van der Waals surface area contributed by atoms with E-state index in [-0.39, 0.29) is 18.4 Å². The molecule has 2 aromatic carbocycles. The quantitative estimate of drug-likeness (QED) is 0.439. The van der Waals surface area contributed by atoms with Gasteiger partial charge in [-0.25, -0.2) is 4.79 Å². The van der Waals surface area contributed by atoms with E-state index in [0.29, 0.717) is 23.3 Å². The normalized spacial score (nSPS) is 16.0. The molecule has 1 amide bonds. The predicted molar refractivity (Wildman–Crippen MR) is 128 cm³/mol. The van der Waals surface area contributed by atoms with Gasteiger partial charge in [0.15, 0.2) is 0 Å². The molecule has 33 heavy (non-hydrogen) atoms. The number of hydrogen-bond donors (Lipinski definition) is 1. The van der Waals surface area contributed by atoms with Crippen LogP contribution in [-0.4, -0.2) is 25.2 Å². The van der Waals surface area contributed by atoms with Gasteiger partial charge < -0.3 is 18.9 Å². The van der Waals surface area contributed by atoms with Crippen molar-refractivity contribution in [2.45, 2.75) is 46.1 Å². The monoisotopic (exact) mass is 445 g/mol. The molecule has 1 N–H and O–H groups in total. The van der Waals surface area contributed by atoms with Crippen LogP contribution in [0.1, 0.15) is 35.3 Å². The summed E-state index contributed by atoms with van der Waals surface area (Å²) in [5, 5.41) is 4.68. The molecule has 6 nitrogen and oxygen atoms in total. The zero-order valence-electron chi connectivity index (χ0n) is 19.1. The highest BCUT2D eigenvalue weighted by Crippen LogP contribution is 2.39. The topological polar surface area (TPSA) is 81.7 Å². The maximum absolute atomic E-state index is 12.8. The van der Waals surface area contributed by atoms with Crippen LogP contribution in [-0.2, 0) is 16.0 Å². The summed E-state index contributed by atoms with van der Waals surface area (Å²) in [4.78, 5) is 25.4. The molecule has 0 aliphatic carbocycles. The van der Waals surface area contributed by atoms with Crippen LogP contribution in [0, 0.1) is 20.8 Å². The van der Waals surface area contributed by atoms with E-state index in [9.17, 15) is 9.59 Å². The molecule has 1 unspecified atom stereocenters. The van der Waals surface area contributed by atoms with Crippen molar-refractivity contribution in [2.24, 2.45) is 0 Å². The highest BCUT2D eigenvalue weighted by Gasteiger charge is 2.22. The molecule has 1 aliphatic rings. The van der Waals surface area contributed by atoms with Crippen LogP contribution in [0.15, 0.2) is 50.0 Å². The standard InChI is InChI=1S/C27H27NO5/c1-15-20-12-22-24(18-8-5-4-6-9-18)17(3)32-26(22)16(2)25(20)33-27(30)21(15)13-23(29)28-14-19-10-7-11-31-19/h4-6,8-9,12,19H,7,10-11,13-14H2,1-3H3,(H,28,29). The number of nitrogens with one attached hydrogen (secondary N) is 1. The van der Waals surface area contributed by atoms with Gasteiger partial charge in [-0.1, -0.05) is 30.3 Å². The summed E-state index contributed by atoms with van der Waals surface area (Å²) in [6.07, 6.45) is 1.99. The number of amides is 1. The first-order valence-corrected chi connectivity index (χ1v) is 11.4. The molecule has 6 heteroatoms. The molecule has 1 saturated heterocycles. The molecule has 5 rings (SSSR count). The Kier molecular flexibility index (Phi) is 5.54. The number of rotatable bonds is 5. The van der Waals surface area contributed by atoms with E-state index in [4.69, 9.17) is 13.6 Å². The lowest BCUT2D eigenvalue weighted by Gasteiger charge is -2.12. The van der Waals surface area contributed by atoms with Crippen LogP contribution in [0.4, 0.5) is 0 Å². The Balaban J connectivity index is 1.57. The van der Waals surface area contributed by atoms with Crippen molar-refractivity contribution < 1.29 is 18.4 Å². The molecule has 4 aromatic rings. The van der Waals surface area contributed by atoms with Gasteiger partial charge in [-0.05, 0) is 50.8 Å². The fourth-order valence-corrected chi connectivity index (χ4v) is 4.80. The maximum Gasteiger partial charge on any atom is 0.340 e. The zero-order valence-corrected chi connectivity index (χ0v) is 19.1. The fourth-order valence-electron chi connectivity index (χ4n) is 4.80. The summed E-state index contributed by atoms with van der Waals surface area (Å²) in [6, 6.07) is 12.1. The summed E-state index contributed by atoms with van der Waals surface area (Å²) in [5.74, 6) is 0.602. The molecule has 170 valence electrons. The first-order chi connectivity index (χ1) is 15.9. The zero-order chi connectivity index (χ0) is 23.1. The molecule has 1 aliphatic heterocycles. The molecule has 0 radical (unpaired) electrons. The lowest BCUT2D eigenvalue weighted by Crippen LogP contribution is -2.34. The second-order valence-corrected chi connectivity index (χ2v) is 8.76. The van der Waals surface area contributed by atoms with E-state index in [1.54, 1.807) is 0 Å². The summed E-state index contributed by atoms with van der Waals surface area (Å²) < 4.78 is 17.4. The molecule has 1 fully saturated rings. The maximum atomic E-state index is 12.8. The number of fused-ring (bicyclic) bond motifs is 2. The van der Waals surface area contributed by atoms with Gasteiger partial charge in [-0.3, -0.25) is 4.79 Å². The van der Waals surface area contributed by atoms with Crippen LogP contribution >= 0.6 is 0 Å². The lowest BCUT2D eigenvalue weighted by atomic mass is 9.96. The van der Waals surface area contributed by atoms with Crippen LogP contribution in [0.3, 0.4) is 0 Å². The number of hydrogen-bond acceptors (Lipinski definition) is 5. The highest BCUT2D eigenvalue weighted by molar-refractivity contribution is 6.06. The molecule has 3 heterocycles. The summed E-state index contributed by atoms with van der Waals surface area (Å²) in [7, 11) is 0. The minimum Gasteiger partial charge on any atom is -0.460 e. The van der Waals surface area contributed by atoms with Crippen LogP contribution < -0.4 is 10.9 Å². The highest BCUT2D eigenvalue weighted by atomic mass is 16.5. The Bertz CT molecular complexity index is 1410. The largest absolute Gasteiger partial charge is 0.460 e. The van der Waals surface area contributed by atoms with E-state index in [1.807, 2.05) is 45.0 Å². The van der Waals surface area contributed by atoms with Crippen molar-refractivity contribution in [1.82, 2.24) is 5.32 Å². The minimum atomic E-state index is -0.485. The van der Waals surface area contributed by atoms with Crippen molar-refractivity contribution in [3.8, 4) is 11.1 Å². The Labute approximate surface area is 191 Å². The Hall–Kier alpha value is -3.38. The van der Waals surface area contributed by atoms with Gasteiger partial charge in [0.05, 0.1) is 18.1 Å². The number of carbonyl (C=O) groups is 1. The third kappa shape index (κ3) is 3.85. The van der Waals surface area contributed by atoms with E-state index in [0.717, 1.165) is 58.2 Å². The van der Waals surface area contributed by atoms with Gasteiger partial charge in [0, 0.05) is 35.1 Å². The third-order valence-corrected chi connectivity index (χ3v) is 6.58. The van der Waals surface area contributed by atoms with E-state index >= 15 is 0 Å². The number of aryl methyl sites for hydroxylation is 3. The van der Waals surface area contributed by atoms with Crippen molar-refractivity contribution >= 4 is 27.8 Å². The van der Waals surface area contributed by atoms with Crippen molar-refractivity contribution in [2.75, 3.05) is 13.2 Å². The van der Waals surface area contributed by atoms with E-state index in [1.165, 1.54) is 0 Å². The third-order valence-electron chi connectivity index (χ3n) is 6.58. The van der Waals surface area contributed by atoms with Crippen molar-refractivity contribution in [3.05, 3.63) is 69.3 Å². The van der Waals surface area contributed by atoms with Gasteiger partial charge >= 0.3 is 5.63 Å². The fraction of sp³-hybridized carbons (Fsp3) is 0.333. The average Bonchev–Trinajstić information content (AvgIpc) is 3.44. The van der Waals surface area contributed by atoms with Gasteiger partial charge in [-0.15, -0.1) is 0 Å². The van der Waals surface area contributed by atoms with Gasteiger partial charge in [0.25, 0.3) is 0 Å². The molecule has 1 atom stereocenters. The average molecular weight is 446 g/mol. The Morgan fingerprint density at radius 2 is 1.79 bits per heavy atom. The summed E-state index contributed by atoms with van der Waals surface area (Å²) in [6.45, 7) is 6.92. The predicted octanol–water partition coefficient (Wildman–Crippen LogP) is 4.97. The number of furan rings is 1. The van der Waals surface area contributed by atoms with Crippen LogP contribution in [0.5, 0.6) is 0 Å². The Morgan fingerprint density at radius 1 is 1.03 bits per heavy atom. The first kappa shape index (κ1) is 21.5. The second-order valence-electron chi connectivity index (χ2n) is 8.76. The molecule has 2 aromatic heterocycles. The smallest absolute Gasteiger partial charge is 0.340 e. The van der Waals surface area contributed by atoms with Gasteiger partial charge in [-0.2, -0.15) is 0 Å². The second kappa shape index (κ2) is 8.52. The number of ether oxygens (including phenoxy) is 1. The van der Waals surface area contributed by atoms with Gasteiger partial charge in [0.1, 0.15) is 16.9 Å². The number of benzene rings is 2. The van der Waals surface area contributed by atoms with Gasteiger partial charge in [0.2, 0.25) is 5.91 Å². The van der Waals surface area contributed by atoms with Crippen molar-refractivity contribution in [1.29, 1.82) is 0 Å². The number of carbonyl (C=O) groups excluding carboxylic acids is 1. The van der Waals surface area contributed by atoms with E-state index < -0.39 is 5.63 Å². The molecule has 0 spiro atoms. The first-order valence-electron chi connectivity index (χ1n) is 11.4. The lowest BCUT2D eigenvalue weighted by molar-refractivity contribution is -0.121. The SMILES string of the molecule is Cc1oc2c(C)c3oc(=O)c(CC(=O)NCC4CCCO4)c(C)c3cc2c1-c1ccccc1.